The second-order valence-corrected chi connectivity index (χ2v) is 10.5. The molecule has 1 fully saturated rings. The number of amides is 2. The Labute approximate surface area is 230 Å². The van der Waals surface area contributed by atoms with E-state index in [1.54, 1.807) is 31.3 Å². The second kappa shape index (κ2) is 11.1. The van der Waals surface area contributed by atoms with Crippen molar-refractivity contribution in [3.63, 3.8) is 0 Å². The van der Waals surface area contributed by atoms with E-state index in [0.717, 1.165) is 18.4 Å². The van der Waals surface area contributed by atoms with E-state index >= 15 is 0 Å². The molecule has 2 aromatic carbocycles. The van der Waals surface area contributed by atoms with Crippen LogP contribution in [0.25, 0.3) is 0 Å². The number of ketones is 1. The van der Waals surface area contributed by atoms with E-state index in [1.165, 1.54) is 15.9 Å². The van der Waals surface area contributed by atoms with Gasteiger partial charge in [-0.25, -0.2) is 9.67 Å². The van der Waals surface area contributed by atoms with Gasteiger partial charge in [0.25, 0.3) is 11.8 Å². The molecule has 2 aliphatic rings. The Morgan fingerprint density at radius 2 is 1.92 bits per heavy atom. The minimum Gasteiger partial charge on any atom is -0.489 e. The molecular weight excluding hydrogens is 529 g/mol. The van der Waals surface area contributed by atoms with Crippen LogP contribution in [0.5, 0.6) is 5.75 Å². The van der Waals surface area contributed by atoms with Crippen molar-refractivity contribution in [1.82, 2.24) is 20.1 Å². The number of nitrogens with zero attached hydrogens (tertiary/aromatic N) is 4. The molecule has 0 bridgehead atoms. The zero-order valence-electron chi connectivity index (χ0n) is 20.8. The number of nitrogens with one attached hydrogen (secondary N) is 1. The summed E-state index contributed by atoms with van der Waals surface area (Å²) in [5, 5.41) is 7.85. The third-order valence-corrected chi connectivity index (χ3v) is 7.46. The number of anilines is 1. The number of benzene rings is 2. The van der Waals surface area contributed by atoms with Crippen LogP contribution in [0.4, 0.5) is 5.69 Å². The van der Waals surface area contributed by atoms with Crippen molar-refractivity contribution < 1.29 is 19.1 Å². The van der Waals surface area contributed by atoms with Crippen molar-refractivity contribution in [1.29, 1.82) is 0 Å². The smallest absolute Gasteiger partial charge is 0.291 e. The van der Waals surface area contributed by atoms with Crippen LogP contribution >= 0.6 is 23.2 Å². The Morgan fingerprint density at radius 3 is 2.66 bits per heavy atom. The van der Waals surface area contributed by atoms with Gasteiger partial charge in [-0.2, -0.15) is 0 Å². The molecule has 1 aliphatic carbocycles. The molecule has 0 spiro atoms. The van der Waals surface area contributed by atoms with E-state index < -0.39 is 11.9 Å². The summed E-state index contributed by atoms with van der Waals surface area (Å²) in [6.07, 6.45) is 5.46. The highest BCUT2D eigenvalue weighted by Gasteiger charge is 2.32. The fourth-order valence-corrected chi connectivity index (χ4v) is 4.89. The van der Waals surface area contributed by atoms with E-state index in [2.05, 4.69) is 15.4 Å². The molecule has 2 heterocycles. The minimum absolute atomic E-state index is 0.0446. The summed E-state index contributed by atoms with van der Waals surface area (Å²) in [5.41, 5.74) is 2.20. The molecule has 198 valence electrons. The molecule has 1 aromatic heterocycles. The van der Waals surface area contributed by atoms with Crippen LogP contribution < -0.4 is 15.0 Å². The lowest BCUT2D eigenvalue weighted by Gasteiger charge is -2.20. The first-order valence-electron chi connectivity index (χ1n) is 12.5. The second-order valence-electron chi connectivity index (χ2n) is 9.69. The molecule has 0 saturated heterocycles. The largest absolute Gasteiger partial charge is 0.489 e. The topological polar surface area (TPSA) is 106 Å². The standard InChI is InChI=1S/C27H27Cl2N5O4/c1-33-23-12-17(7-9-18(35)11-16-5-6-16)8-10-24(23)38-14-22(27(33)37)31-26(36)25-30-15-34(32-25)13-19-20(28)3-2-4-21(19)29/h2-4,8,10,12,15-16,22H,5-7,9,11,13-14H2,1H3,(H,31,36)/t22-/m1/s1. The fraction of sp³-hybridized carbons (Fsp3) is 0.370. The molecule has 1 aliphatic heterocycles. The minimum atomic E-state index is -0.937. The first-order chi connectivity index (χ1) is 18.3. The van der Waals surface area contributed by atoms with Gasteiger partial charge in [0.15, 0.2) is 0 Å². The first-order valence-corrected chi connectivity index (χ1v) is 13.2. The van der Waals surface area contributed by atoms with Gasteiger partial charge in [-0.3, -0.25) is 14.4 Å². The van der Waals surface area contributed by atoms with Gasteiger partial charge in [-0.15, -0.1) is 5.10 Å². The number of likely N-dealkylation sites (N-methyl/N-ethyl adjacent to an activating group) is 1. The molecule has 0 unspecified atom stereocenters. The highest BCUT2D eigenvalue weighted by Crippen LogP contribution is 2.34. The van der Waals surface area contributed by atoms with Gasteiger partial charge in [0.2, 0.25) is 5.82 Å². The quantitative estimate of drug-likeness (QED) is 0.426. The molecule has 9 nitrogen and oxygen atoms in total. The normalized spacial score (nSPS) is 17.0. The number of Topliss-reactive ketones (excluding diaryl/α,β-unsaturated/α-hetero) is 1. The average Bonchev–Trinajstić information content (AvgIpc) is 3.61. The lowest BCUT2D eigenvalue weighted by atomic mass is 10.0. The lowest BCUT2D eigenvalue weighted by molar-refractivity contribution is -0.120. The summed E-state index contributed by atoms with van der Waals surface area (Å²) in [6, 6.07) is 9.82. The number of aryl methyl sites for hydroxylation is 1. The van der Waals surface area contributed by atoms with Crippen molar-refractivity contribution in [3.05, 3.63) is 69.7 Å². The predicted molar refractivity (Wildman–Crippen MR) is 143 cm³/mol. The molecule has 3 aromatic rings. The van der Waals surface area contributed by atoms with Gasteiger partial charge in [0.1, 0.15) is 30.5 Å². The van der Waals surface area contributed by atoms with Crippen LogP contribution in [-0.2, 0) is 22.6 Å². The van der Waals surface area contributed by atoms with Crippen molar-refractivity contribution in [2.75, 3.05) is 18.6 Å². The maximum atomic E-state index is 13.2. The Hall–Kier alpha value is -3.43. The molecule has 1 atom stereocenters. The third kappa shape index (κ3) is 6.00. The van der Waals surface area contributed by atoms with Gasteiger partial charge in [-0.1, -0.05) is 35.3 Å². The van der Waals surface area contributed by atoms with Crippen LogP contribution in [0, 0.1) is 5.92 Å². The van der Waals surface area contributed by atoms with Crippen molar-refractivity contribution >= 4 is 46.5 Å². The van der Waals surface area contributed by atoms with Crippen LogP contribution in [0.3, 0.4) is 0 Å². The van der Waals surface area contributed by atoms with Crippen LogP contribution in [0.15, 0.2) is 42.7 Å². The highest BCUT2D eigenvalue weighted by atomic mass is 35.5. The summed E-state index contributed by atoms with van der Waals surface area (Å²) in [5.74, 6) is 0.348. The summed E-state index contributed by atoms with van der Waals surface area (Å²) < 4.78 is 7.32. The average molecular weight is 556 g/mol. The number of halogens is 2. The van der Waals surface area contributed by atoms with Gasteiger partial charge in [0.05, 0.1) is 12.2 Å². The Kier molecular flexibility index (Phi) is 7.67. The third-order valence-electron chi connectivity index (χ3n) is 6.75. The van der Waals surface area contributed by atoms with Crippen LogP contribution in [0.1, 0.15) is 47.4 Å². The molecule has 0 radical (unpaired) electrons. The lowest BCUT2D eigenvalue weighted by Crippen LogP contribution is -2.49. The molecule has 11 heteroatoms. The maximum Gasteiger partial charge on any atom is 0.291 e. The van der Waals surface area contributed by atoms with E-state index in [4.69, 9.17) is 27.9 Å². The van der Waals surface area contributed by atoms with Gasteiger partial charge in [-0.05, 0) is 55.0 Å². The molecule has 1 N–H and O–H groups in total. The maximum absolute atomic E-state index is 13.2. The van der Waals surface area contributed by atoms with Gasteiger partial charge >= 0.3 is 0 Å². The zero-order valence-corrected chi connectivity index (χ0v) is 22.3. The van der Waals surface area contributed by atoms with E-state index in [0.29, 0.717) is 52.2 Å². The molecule has 1 saturated carbocycles. The number of carbonyl (C=O) groups is 3. The summed E-state index contributed by atoms with van der Waals surface area (Å²) in [6.45, 7) is 0.188. The number of fused-ring (bicyclic) bond motifs is 1. The van der Waals surface area contributed by atoms with Gasteiger partial charge in [0, 0.05) is 35.5 Å². The van der Waals surface area contributed by atoms with Crippen LogP contribution in [0.2, 0.25) is 10.0 Å². The van der Waals surface area contributed by atoms with Gasteiger partial charge < -0.3 is 15.0 Å². The summed E-state index contributed by atoms with van der Waals surface area (Å²) in [7, 11) is 1.64. The Balaban J connectivity index is 1.22. The SMILES string of the molecule is CN1C(=O)[C@H](NC(=O)c2ncn(Cc3c(Cl)cccc3Cl)n2)COc2ccc(CCC(=O)CC3CC3)cc21. The number of ether oxygens (including phenoxy) is 1. The molecule has 5 rings (SSSR count). The molecule has 2 amide bonds. The molecular formula is C27H27Cl2N5O4. The fourth-order valence-electron chi connectivity index (χ4n) is 4.38. The monoisotopic (exact) mass is 555 g/mol. The number of carbonyl (C=O) groups excluding carboxylic acids is 3. The Morgan fingerprint density at radius 1 is 1.16 bits per heavy atom. The number of hydrogen-bond donors (Lipinski definition) is 1. The number of rotatable bonds is 9. The van der Waals surface area contributed by atoms with Crippen LogP contribution in [-0.4, -0.2) is 52.1 Å². The van der Waals surface area contributed by atoms with Crippen molar-refractivity contribution in [2.45, 2.75) is 44.7 Å². The Bertz CT molecular complexity index is 1370. The molecule has 38 heavy (non-hydrogen) atoms. The first kappa shape index (κ1) is 26.2. The van der Waals surface area contributed by atoms with E-state index in [1.807, 2.05) is 12.1 Å². The van der Waals surface area contributed by atoms with Crippen molar-refractivity contribution in [3.8, 4) is 5.75 Å². The predicted octanol–water partition coefficient (Wildman–Crippen LogP) is 4.09. The highest BCUT2D eigenvalue weighted by molar-refractivity contribution is 6.36. The summed E-state index contributed by atoms with van der Waals surface area (Å²) >= 11 is 12.5. The van der Waals surface area contributed by atoms with Crippen molar-refractivity contribution in [2.24, 2.45) is 5.92 Å². The summed E-state index contributed by atoms with van der Waals surface area (Å²) in [4.78, 5) is 43.8. The van der Waals surface area contributed by atoms with E-state index in [9.17, 15) is 14.4 Å². The number of hydrogen-bond acceptors (Lipinski definition) is 6. The number of aromatic nitrogens is 3. The van der Waals surface area contributed by atoms with E-state index in [-0.39, 0.29) is 30.7 Å². The zero-order chi connectivity index (χ0) is 26.8.